The first kappa shape index (κ1) is 15.1. The zero-order valence-corrected chi connectivity index (χ0v) is 13.0. The molecule has 1 aromatic carbocycles. The molecule has 2 N–H and O–H groups in total. The molecule has 2 atom stereocenters. The molecule has 1 fully saturated rings. The molecule has 0 aromatic heterocycles. The van der Waals surface area contributed by atoms with Crippen LogP contribution in [0, 0.1) is 0 Å². The Morgan fingerprint density at radius 3 is 2.85 bits per heavy atom. The standard InChI is InChI=1S/C15H22ClN3O/c1-4-15(20)18-11-5-6-13(16)14(8-11)17-12-7-10(2)19(3)9-12/h5-6,8,10,12,17H,4,7,9H2,1-3H3,(H,18,20). The lowest BCUT2D eigenvalue weighted by atomic mass is 10.1. The van der Waals surface area contributed by atoms with Gasteiger partial charge in [-0.05, 0) is 38.6 Å². The van der Waals surface area contributed by atoms with Gasteiger partial charge in [0.2, 0.25) is 5.91 Å². The van der Waals surface area contributed by atoms with E-state index < -0.39 is 0 Å². The maximum Gasteiger partial charge on any atom is 0.224 e. The number of benzene rings is 1. The molecule has 2 unspecified atom stereocenters. The predicted octanol–water partition coefficient (Wildman–Crippen LogP) is 3.19. The summed E-state index contributed by atoms with van der Waals surface area (Å²) >= 11 is 6.23. The Morgan fingerprint density at radius 1 is 1.50 bits per heavy atom. The Balaban J connectivity index is 2.07. The smallest absolute Gasteiger partial charge is 0.224 e. The van der Waals surface area contributed by atoms with Crippen LogP contribution in [0.25, 0.3) is 0 Å². The number of amides is 1. The molecule has 1 heterocycles. The van der Waals surface area contributed by atoms with Crippen molar-refractivity contribution in [3.63, 3.8) is 0 Å². The number of halogens is 1. The largest absolute Gasteiger partial charge is 0.380 e. The Labute approximate surface area is 125 Å². The molecule has 5 heteroatoms. The van der Waals surface area contributed by atoms with Crippen molar-refractivity contribution in [2.45, 2.75) is 38.8 Å². The zero-order valence-electron chi connectivity index (χ0n) is 12.2. The van der Waals surface area contributed by atoms with Crippen LogP contribution < -0.4 is 10.6 Å². The summed E-state index contributed by atoms with van der Waals surface area (Å²) in [6.45, 7) is 5.06. The molecule has 0 aliphatic carbocycles. The van der Waals surface area contributed by atoms with Crippen LogP contribution in [-0.4, -0.2) is 36.5 Å². The first-order valence-corrected chi connectivity index (χ1v) is 7.43. The summed E-state index contributed by atoms with van der Waals surface area (Å²) in [4.78, 5) is 13.8. The van der Waals surface area contributed by atoms with Crippen LogP contribution in [0.4, 0.5) is 11.4 Å². The molecule has 20 heavy (non-hydrogen) atoms. The van der Waals surface area contributed by atoms with Gasteiger partial charge in [-0.25, -0.2) is 0 Å². The Bertz CT molecular complexity index is 482. The fraction of sp³-hybridized carbons (Fsp3) is 0.533. The number of nitrogens with zero attached hydrogens (tertiary/aromatic N) is 1. The number of rotatable bonds is 4. The number of likely N-dealkylation sites (tertiary alicyclic amines) is 1. The van der Waals surface area contributed by atoms with Crippen molar-refractivity contribution < 1.29 is 4.79 Å². The highest BCUT2D eigenvalue weighted by molar-refractivity contribution is 6.33. The zero-order chi connectivity index (χ0) is 14.7. The number of carbonyl (C=O) groups is 1. The summed E-state index contributed by atoms with van der Waals surface area (Å²) in [6, 6.07) is 6.51. The van der Waals surface area contributed by atoms with Gasteiger partial charge in [-0.15, -0.1) is 0 Å². The SMILES string of the molecule is CCC(=O)Nc1ccc(Cl)c(NC2CC(C)N(C)C2)c1. The molecule has 1 amide bonds. The summed E-state index contributed by atoms with van der Waals surface area (Å²) in [7, 11) is 2.13. The number of hydrogen-bond donors (Lipinski definition) is 2. The third kappa shape index (κ3) is 3.64. The van der Waals surface area contributed by atoms with Gasteiger partial charge in [0.25, 0.3) is 0 Å². The average molecular weight is 296 g/mol. The van der Waals surface area contributed by atoms with Gasteiger partial charge in [-0.2, -0.15) is 0 Å². The minimum absolute atomic E-state index is 0.00694. The molecule has 4 nitrogen and oxygen atoms in total. The van der Waals surface area contributed by atoms with Crippen molar-refractivity contribution in [2.75, 3.05) is 24.2 Å². The molecule has 2 rings (SSSR count). The van der Waals surface area contributed by atoms with Gasteiger partial charge in [-0.1, -0.05) is 18.5 Å². The van der Waals surface area contributed by atoms with E-state index in [-0.39, 0.29) is 5.91 Å². The second-order valence-corrected chi connectivity index (χ2v) is 5.87. The summed E-state index contributed by atoms with van der Waals surface area (Å²) in [5.41, 5.74) is 1.66. The van der Waals surface area contributed by atoms with Crippen LogP contribution in [0.5, 0.6) is 0 Å². The van der Waals surface area contributed by atoms with E-state index in [0.717, 1.165) is 24.3 Å². The van der Waals surface area contributed by atoms with Crippen molar-refractivity contribution >= 4 is 28.9 Å². The summed E-state index contributed by atoms with van der Waals surface area (Å²) in [5, 5.41) is 7.01. The van der Waals surface area contributed by atoms with E-state index in [4.69, 9.17) is 11.6 Å². The van der Waals surface area contributed by atoms with Gasteiger partial charge in [0.15, 0.2) is 0 Å². The fourth-order valence-corrected chi connectivity index (χ4v) is 2.65. The fourth-order valence-electron chi connectivity index (χ4n) is 2.48. The van der Waals surface area contributed by atoms with E-state index in [2.05, 4.69) is 29.5 Å². The van der Waals surface area contributed by atoms with Gasteiger partial charge in [-0.3, -0.25) is 4.79 Å². The molecule has 1 aliphatic rings. The highest BCUT2D eigenvalue weighted by Crippen LogP contribution is 2.28. The molecule has 1 aliphatic heterocycles. The number of nitrogens with one attached hydrogen (secondary N) is 2. The Morgan fingerprint density at radius 2 is 2.25 bits per heavy atom. The minimum Gasteiger partial charge on any atom is -0.380 e. The number of hydrogen-bond acceptors (Lipinski definition) is 3. The monoisotopic (exact) mass is 295 g/mol. The summed E-state index contributed by atoms with van der Waals surface area (Å²) in [6.07, 6.45) is 1.56. The second kappa shape index (κ2) is 6.46. The molecule has 110 valence electrons. The van der Waals surface area contributed by atoms with Crippen molar-refractivity contribution in [1.82, 2.24) is 4.90 Å². The average Bonchev–Trinajstić information content (AvgIpc) is 2.72. The minimum atomic E-state index is 0.00694. The third-order valence-electron chi connectivity index (χ3n) is 3.82. The summed E-state index contributed by atoms with van der Waals surface area (Å²) in [5.74, 6) is 0.00694. The molecular formula is C15H22ClN3O. The molecule has 0 bridgehead atoms. The van der Waals surface area contributed by atoms with Crippen LogP contribution in [0.15, 0.2) is 18.2 Å². The van der Waals surface area contributed by atoms with Gasteiger partial charge in [0.05, 0.1) is 10.7 Å². The van der Waals surface area contributed by atoms with Crippen LogP contribution >= 0.6 is 11.6 Å². The summed E-state index contributed by atoms with van der Waals surface area (Å²) < 4.78 is 0. The molecular weight excluding hydrogens is 274 g/mol. The lowest BCUT2D eigenvalue weighted by molar-refractivity contribution is -0.115. The van der Waals surface area contributed by atoms with Crippen molar-refractivity contribution in [3.8, 4) is 0 Å². The topological polar surface area (TPSA) is 44.4 Å². The Hall–Kier alpha value is -1.26. The van der Waals surface area contributed by atoms with Crippen molar-refractivity contribution in [3.05, 3.63) is 23.2 Å². The number of carbonyl (C=O) groups excluding carboxylic acids is 1. The van der Waals surface area contributed by atoms with E-state index in [1.807, 2.05) is 25.1 Å². The number of anilines is 2. The van der Waals surface area contributed by atoms with Crippen LogP contribution in [-0.2, 0) is 4.79 Å². The van der Waals surface area contributed by atoms with Crippen molar-refractivity contribution in [2.24, 2.45) is 0 Å². The normalized spacial score (nSPS) is 22.8. The maximum atomic E-state index is 11.4. The first-order valence-electron chi connectivity index (χ1n) is 7.05. The van der Waals surface area contributed by atoms with E-state index in [1.54, 1.807) is 0 Å². The first-order chi connectivity index (χ1) is 9.49. The lowest BCUT2D eigenvalue weighted by Gasteiger charge is -2.16. The second-order valence-electron chi connectivity index (χ2n) is 5.46. The Kier molecular flexibility index (Phi) is 4.89. The van der Waals surface area contributed by atoms with Gasteiger partial charge in [0, 0.05) is 30.7 Å². The quantitative estimate of drug-likeness (QED) is 0.896. The molecule has 0 saturated carbocycles. The molecule has 0 spiro atoms. The van der Waals surface area contributed by atoms with E-state index in [1.165, 1.54) is 0 Å². The highest BCUT2D eigenvalue weighted by Gasteiger charge is 2.26. The molecule has 1 aromatic rings. The molecule has 1 saturated heterocycles. The van der Waals surface area contributed by atoms with Crippen LogP contribution in [0.3, 0.4) is 0 Å². The number of likely N-dealkylation sites (N-methyl/N-ethyl adjacent to an activating group) is 1. The van der Waals surface area contributed by atoms with E-state index >= 15 is 0 Å². The van der Waals surface area contributed by atoms with Crippen LogP contribution in [0.2, 0.25) is 5.02 Å². The predicted molar refractivity (Wildman–Crippen MR) is 84.5 cm³/mol. The van der Waals surface area contributed by atoms with Gasteiger partial charge in [0.1, 0.15) is 0 Å². The maximum absolute atomic E-state index is 11.4. The highest BCUT2D eigenvalue weighted by atomic mass is 35.5. The third-order valence-corrected chi connectivity index (χ3v) is 4.15. The van der Waals surface area contributed by atoms with Crippen molar-refractivity contribution in [1.29, 1.82) is 0 Å². The van der Waals surface area contributed by atoms with Gasteiger partial charge < -0.3 is 15.5 Å². The van der Waals surface area contributed by atoms with Gasteiger partial charge >= 0.3 is 0 Å². The lowest BCUT2D eigenvalue weighted by Crippen LogP contribution is -2.25. The van der Waals surface area contributed by atoms with E-state index in [0.29, 0.717) is 23.5 Å². The van der Waals surface area contributed by atoms with Crippen LogP contribution in [0.1, 0.15) is 26.7 Å². The molecule has 0 radical (unpaired) electrons. The van der Waals surface area contributed by atoms with E-state index in [9.17, 15) is 4.79 Å².